The lowest BCUT2D eigenvalue weighted by Gasteiger charge is -2.67. The topological polar surface area (TPSA) is 146 Å². The van der Waals surface area contributed by atoms with Gasteiger partial charge in [-0.1, -0.05) is 32.0 Å². The minimum atomic E-state index is -2.17. The first-order chi connectivity index (χ1) is 19.5. The third-order valence-corrected chi connectivity index (χ3v) is 10.1. The van der Waals surface area contributed by atoms with Crippen LogP contribution < -0.4 is 0 Å². The second-order valence-corrected chi connectivity index (χ2v) is 12.7. The number of esters is 3. The highest BCUT2D eigenvalue weighted by Gasteiger charge is 2.78. The van der Waals surface area contributed by atoms with Crippen molar-refractivity contribution in [3.63, 3.8) is 0 Å². The lowest BCUT2D eigenvalue weighted by atomic mass is 9.45. The van der Waals surface area contributed by atoms with E-state index >= 15 is 4.39 Å². The fourth-order valence-corrected chi connectivity index (χ4v) is 7.87. The summed E-state index contributed by atoms with van der Waals surface area (Å²) in [5.74, 6) is -4.78. The second-order valence-electron chi connectivity index (χ2n) is 12.7. The summed E-state index contributed by atoms with van der Waals surface area (Å²) in [6.07, 6.45) is -8.35. The molecule has 228 valence electrons. The van der Waals surface area contributed by atoms with E-state index in [1.165, 1.54) is 19.1 Å². The van der Waals surface area contributed by atoms with Gasteiger partial charge < -0.3 is 29.2 Å². The Labute approximate surface area is 243 Å². The molecule has 3 aliphatic carbocycles. The largest absolute Gasteiger partial charge is 0.455 e. The standard InChI is InChI=1S/C31H37FO10/c1-15-19(35)13-31(38)26(41-27(37)18-10-8-7-9-11-18)24-29(6,20(32)12-21-30(24,14-39-21)42-17(3)34)25(36)23(40-16(2)33)22(15)28(31,4)5/h7-11,19-21,23-24,26,35,38H,12-14H2,1-6H3/t19-,20-,21?,23+,24?,26?,29+,30-,31+/m0/s1. The summed E-state index contributed by atoms with van der Waals surface area (Å²) in [6, 6.07) is 7.94. The lowest BCUT2D eigenvalue weighted by molar-refractivity contribution is -0.341. The van der Waals surface area contributed by atoms with Crippen molar-refractivity contribution in [2.45, 2.75) is 96.2 Å². The predicted molar refractivity (Wildman–Crippen MR) is 144 cm³/mol. The van der Waals surface area contributed by atoms with Gasteiger partial charge >= 0.3 is 17.9 Å². The van der Waals surface area contributed by atoms with Crippen LogP contribution in [0.15, 0.2) is 41.5 Å². The average Bonchev–Trinajstić information content (AvgIpc) is 2.90. The molecule has 3 fully saturated rings. The van der Waals surface area contributed by atoms with E-state index in [0.29, 0.717) is 0 Å². The molecule has 1 heterocycles. The molecule has 4 aliphatic rings. The Bertz CT molecular complexity index is 1360. The molecule has 42 heavy (non-hydrogen) atoms. The summed E-state index contributed by atoms with van der Waals surface area (Å²) in [5, 5.41) is 24.1. The van der Waals surface area contributed by atoms with Crippen LogP contribution in [0.5, 0.6) is 0 Å². The van der Waals surface area contributed by atoms with E-state index in [1.54, 1.807) is 39.0 Å². The Balaban J connectivity index is 1.84. The Morgan fingerprint density at radius 3 is 2.24 bits per heavy atom. The van der Waals surface area contributed by atoms with Gasteiger partial charge in [0, 0.05) is 32.1 Å². The van der Waals surface area contributed by atoms with E-state index in [0.717, 1.165) is 13.8 Å². The number of alkyl halides is 1. The summed E-state index contributed by atoms with van der Waals surface area (Å²) < 4.78 is 39.8. The smallest absolute Gasteiger partial charge is 0.338 e. The predicted octanol–water partition coefficient (Wildman–Crippen LogP) is 2.63. The molecule has 1 aromatic carbocycles. The maximum Gasteiger partial charge on any atom is 0.338 e. The van der Waals surface area contributed by atoms with E-state index in [2.05, 4.69) is 0 Å². The number of aliphatic hydroxyl groups excluding tert-OH is 1. The number of fused-ring (bicyclic) bond motifs is 5. The van der Waals surface area contributed by atoms with Crippen molar-refractivity contribution in [2.75, 3.05) is 6.61 Å². The molecular weight excluding hydrogens is 551 g/mol. The molecule has 2 saturated carbocycles. The number of carbonyl (C=O) groups excluding carboxylic acids is 4. The first-order valence-corrected chi connectivity index (χ1v) is 14.1. The van der Waals surface area contributed by atoms with Crippen LogP contribution in [0.1, 0.15) is 64.7 Å². The molecule has 0 aromatic heterocycles. The van der Waals surface area contributed by atoms with Crippen molar-refractivity contribution in [1.29, 1.82) is 0 Å². The van der Waals surface area contributed by atoms with Gasteiger partial charge in [0.1, 0.15) is 24.0 Å². The van der Waals surface area contributed by atoms with E-state index in [-0.39, 0.29) is 36.2 Å². The minimum absolute atomic E-state index is 0.102. The molecule has 11 heteroatoms. The zero-order valence-corrected chi connectivity index (χ0v) is 24.5. The van der Waals surface area contributed by atoms with Gasteiger partial charge in [0.25, 0.3) is 0 Å². The first kappa shape index (κ1) is 30.3. The van der Waals surface area contributed by atoms with E-state index in [4.69, 9.17) is 18.9 Å². The number of carbonyl (C=O) groups is 4. The van der Waals surface area contributed by atoms with E-state index in [1.807, 2.05) is 0 Å². The Hall–Kier alpha value is -3.15. The number of ether oxygens (including phenoxy) is 4. The van der Waals surface area contributed by atoms with Crippen LogP contribution in [0.2, 0.25) is 0 Å². The first-order valence-electron chi connectivity index (χ1n) is 14.1. The Morgan fingerprint density at radius 2 is 1.69 bits per heavy atom. The lowest BCUT2D eigenvalue weighted by Crippen LogP contribution is -2.81. The molecule has 9 atom stereocenters. The summed E-state index contributed by atoms with van der Waals surface area (Å²) in [6.45, 7) is 8.08. The van der Waals surface area contributed by atoms with Gasteiger partial charge in [-0.3, -0.25) is 14.4 Å². The van der Waals surface area contributed by atoms with Crippen LogP contribution in [0.25, 0.3) is 0 Å². The summed E-state index contributed by atoms with van der Waals surface area (Å²) in [4.78, 5) is 53.3. The SMILES string of the molecule is CC(=O)O[C@H]1C(=O)[C@@]2(C)C(C(OC(=O)c3ccccc3)[C@]3(O)C[C@H](O)C(C)=C1C3(C)C)[C@]1(OC(C)=O)COC1C[C@@H]2F. The molecule has 3 unspecified atom stereocenters. The number of aliphatic hydroxyl groups is 2. The van der Waals surface area contributed by atoms with Gasteiger partial charge in [-0.2, -0.15) is 0 Å². The normalized spacial score (nSPS) is 40.4. The van der Waals surface area contributed by atoms with Crippen molar-refractivity contribution >= 4 is 23.7 Å². The monoisotopic (exact) mass is 588 g/mol. The van der Waals surface area contributed by atoms with E-state index < -0.39 is 82.2 Å². The molecule has 0 spiro atoms. The van der Waals surface area contributed by atoms with E-state index in [9.17, 15) is 29.4 Å². The van der Waals surface area contributed by atoms with Crippen LogP contribution in [-0.4, -0.2) is 82.3 Å². The molecule has 10 nitrogen and oxygen atoms in total. The third-order valence-electron chi connectivity index (χ3n) is 10.1. The van der Waals surface area contributed by atoms with Crippen LogP contribution >= 0.6 is 0 Å². The highest BCUT2D eigenvalue weighted by Crippen LogP contribution is 2.64. The average molecular weight is 589 g/mol. The van der Waals surface area contributed by atoms with Gasteiger partial charge in [0.2, 0.25) is 0 Å². The minimum Gasteiger partial charge on any atom is -0.455 e. The van der Waals surface area contributed by atoms with Gasteiger partial charge in [-0.15, -0.1) is 0 Å². The van der Waals surface area contributed by atoms with Crippen molar-refractivity contribution in [3.05, 3.63) is 47.0 Å². The number of hydrogen-bond acceptors (Lipinski definition) is 10. The highest BCUT2D eigenvalue weighted by molar-refractivity contribution is 5.95. The highest BCUT2D eigenvalue weighted by atomic mass is 19.1. The molecule has 1 aliphatic heterocycles. The molecule has 2 bridgehead atoms. The molecule has 0 amide bonds. The molecule has 1 aromatic rings. The summed E-state index contributed by atoms with van der Waals surface area (Å²) >= 11 is 0. The van der Waals surface area contributed by atoms with Crippen LogP contribution in [0.3, 0.4) is 0 Å². The molecule has 2 N–H and O–H groups in total. The number of rotatable bonds is 4. The fourth-order valence-electron chi connectivity index (χ4n) is 7.87. The van der Waals surface area contributed by atoms with Gasteiger partial charge in [0.15, 0.2) is 17.5 Å². The van der Waals surface area contributed by atoms with Crippen molar-refractivity contribution in [3.8, 4) is 0 Å². The Morgan fingerprint density at radius 1 is 1.05 bits per heavy atom. The second kappa shape index (κ2) is 9.96. The van der Waals surface area contributed by atoms with Gasteiger partial charge in [0.05, 0.1) is 29.6 Å². The number of benzene rings is 1. The number of halogens is 1. The maximum atomic E-state index is 16.6. The van der Waals surface area contributed by atoms with Crippen LogP contribution in [0, 0.1) is 16.7 Å². The summed E-state index contributed by atoms with van der Waals surface area (Å²) in [7, 11) is 0. The maximum absolute atomic E-state index is 16.6. The van der Waals surface area contributed by atoms with Gasteiger partial charge in [-0.25, -0.2) is 9.18 Å². The zero-order valence-electron chi connectivity index (χ0n) is 24.5. The number of Topliss-reactive ketones (excluding diaryl/α,β-unsaturated/α-hetero) is 1. The molecule has 5 rings (SSSR count). The molecule has 0 radical (unpaired) electrons. The molecule has 1 saturated heterocycles. The van der Waals surface area contributed by atoms with Gasteiger partial charge in [-0.05, 0) is 37.1 Å². The Kier molecular flexibility index (Phi) is 7.19. The number of hydrogen-bond donors (Lipinski definition) is 2. The third kappa shape index (κ3) is 4.07. The van der Waals surface area contributed by atoms with Crippen molar-refractivity contribution in [2.24, 2.45) is 16.7 Å². The fraction of sp³-hybridized carbons (Fsp3) is 0.613. The zero-order chi connectivity index (χ0) is 31.0. The quantitative estimate of drug-likeness (QED) is 0.306. The number of ketones is 1. The molecular formula is C31H37FO10. The summed E-state index contributed by atoms with van der Waals surface area (Å²) in [5.41, 5.74) is -6.90. The van der Waals surface area contributed by atoms with Crippen molar-refractivity contribution in [1.82, 2.24) is 0 Å². The van der Waals surface area contributed by atoms with Crippen LogP contribution in [-0.2, 0) is 33.3 Å². The van der Waals surface area contributed by atoms with Crippen LogP contribution in [0.4, 0.5) is 4.39 Å². The van der Waals surface area contributed by atoms with Crippen molar-refractivity contribution < 1.29 is 52.7 Å².